The minimum Gasteiger partial charge on any atom is -0.491 e. The molecule has 0 aliphatic heterocycles. The topological polar surface area (TPSA) is 95.3 Å². The van der Waals surface area contributed by atoms with Crippen LogP contribution >= 0.6 is 0 Å². The predicted molar refractivity (Wildman–Crippen MR) is 101 cm³/mol. The van der Waals surface area contributed by atoms with E-state index in [2.05, 4.69) is 15.6 Å². The monoisotopic (exact) mass is 368 g/mol. The van der Waals surface area contributed by atoms with E-state index >= 15 is 0 Å². The number of aromatic nitrogens is 3. The summed E-state index contributed by atoms with van der Waals surface area (Å²) < 4.78 is 11.6. The smallest absolute Gasteiger partial charge is 0.277 e. The van der Waals surface area contributed by atoms with Crippen LogP contribution in [-0.2, 0) is 16.1 Å². The first-order chi connectivity index (χ1) is 13.2. The highest BCUT2D eigenvalue weighted by Crippen LogP contribution is 2.15. The van der Waals surface area contributed by atoms with Gasteiger partial charge in [0.05, 0.1) is 18.5 Å². The molecule has 0 radical (unpaired) electrons. The summed E-state index contributed by atoms with van der Waals surface area (Å²) in [6, 6.07) is 14.0. The number of benzene rings is 2. The van der Waals surface area contributed by atoms with E-state index < -0.39 is 0 Å². The van der Waals surface area contributed by atoms with Gasteiger partial charge in [0.15, 0.2) is 0 Å². The number of hydrogen-bond acceptors (Lipinski definition) is 6. The molecule has 0 unspecified atom stereocenters. The number of nitrogens with one attached hydrogen (secondary N) is 1. The number of anilines is 1. The SMILES string of the molecule is COCCOc1ccc(NC(=O)CCn2nnc3ccccc3c2=O)cc1. The third-order valence-corrected chi connectivity index (χ3v) is 3.87. The Labute approximate surface area is 155 Å². The molecule has 3 rings (SSSR count). The molecule has 8 heteroatoms. The van der Waals surface area contributed by atoms with E-state index in [1.54, 1.807) is 55.6 Å². The van der Waals surface area contributed by atoms with Crippen LogP contribution in [0.1, 0.15) is 6.42 Å². The molecule has 0 saturated heterocycles. The van der Waals surface area contributed by atoms with E-state index in [1.165, 1.54) is 4.68 Å². The van der Waals surface area contributed by atoms with E-state index in [4.69, 9.17) is 9.47 Å². The fourth-order valence-electron chi connectivity index (χ4n) is 2.48. The van der Waals surface area contributed by atoms with Crippen molar-refractivity contribution in [3.05, 3.63) is 58.9 Å². The molecule has 0 aliphatic carbocycles. The normalized spacial score (nSPS) is 10.7. The number of carbonyl (C=O) groups is 1. The molecular weight excluding hydrogens is 348 g/mol. The van der Waals surface area contributed by atoms with Crippen LogP contribution in [0.4, 0.5) is 5.69 Å². The van der Waals surface area contributed by atoms with Crippen LogP contribution in [0.5, 0.6) is 5.75 Å². The fourth-order valence-corrected chi connectivity index (χ4v) is 2.48. The summed E-state index contributed by atoms with van der Waals surface area (Å²) in [5, 5.41) is 11.1. The molecular formula is C19H20N4O4. The van der Waals surface area contributed by atoms with Crippen molar-refractivity contribution in [2.75, 3.05) is 25.6 Å². The summed E-state index contributed by atoms with van der Waals surface area (Å²) in [6.45, 7) is 1.12. The second kappa shape index (κ2) is 8.91. The Bertz CT molecular complexity index is 969. The zero-order chi connectivity index (χ0) is 19.1. The van der Waals surface area contributed by atoms with Gasteiger partial charge in [0.2, 0.25) is 5.91 Å². The van der Waals surface area contributed by atoms with Gasteiger partial charge >= 0.3 is 0 Å². The molecule has 1 N–H and O–H groups in total. The largest absolute Gasteiger partial charge is 0.491 e. The molecule has 0 saturated carbocycles. The second-order valence-corrected chi connectivity index (χ2v) is 5.80. The first-order valence-corrected chi connectivity index (χ1v) is 8.51. The van der Waals surface area contributed by atoms with Gasteiger partial charge in [-0.15, -0.1) is 5.10 Å². The molecule has 0 fully saturated rings. The summed E-state index contributed by atoms with van der Waals surface area (Å²) in [7, 11) is 1.61. The van der Waals surface area contributed by atoms with Crippen LogP contribution in [-0.4, -0.2) is 41.2 Å². The van der Waals surface area contributed by atoms with Gasteiger partial charge in [-0.3, -0.25) is 9.59 Å². The van der Waals surface area contributed by atoms with Crippen molar-refractivity contribution in [1.82, 2.24) is 15.0 Å². The second-order valence-electron chi connectivity index (χ2n) is 5.80. The summed E-state index contributed by atoms with van der Waals surface area (Å²) in [5.74, 6) is 0.480. The lowest BCUT2D eigenvalue weighted by Crippen LogP contribution is -2.26. The first-order valence-electron chi connectivity index (χ1n) is 8.51. The average Bonchev–Trinajstić information content (AvgIpc) is 2.69. The third kappa shape index (κ3) is 4.89. The van der Waals surface area contributed by atoms with Crippen LogP contribution in [0.15, 0.2) is 53.3 Å². The predicted octanol–water partition coefficient (Wildman–Crippen LogP) is 1.85. The molecule has 27 heavy (non-hydrogen) atoms. The highest BCUT2D eigenvalue weighted by Gasteiger charge is 2.08. The highest BCUT2D eigenvalue weighted by atomic mass is 16.5. The number of aryl methyl sites for hydroxylation is 1. The van der Waals surface area contributed by atoms with Gasteiger partial charge in [0.25, 0.3) is 5.56 Å². The molecule has 1 heterocycles. The Morgan fingerprint density at radius 3 is 2.67 bits per heavy atom. The van der Waals surface area contributed by atoms with E-state index in [0.717, 1.165) is 0 Å². The van der Waals surface area contributed by atoms with Gasteiger partial charge in [-0.1, -0.05) is 17.3 Å². The molecule has 2 aromatic carbocycles. The van der Waals surface area contributed by atoms with E-state index in [-0.39, 0.29) is 24.4 Å². The van der Waals surface area contributed by atoms with Crippen LogP contribution in [0.3, 0.4) is 0 Å². The van der Waals surface area contributed by atoms with Crippen molar-refractivity contribution in [3.8, 4) is 5.75 Å². The van der Waals surface area contributed by atoms with Crippen LogP contribution in [0, 0.1) is 0 Å². The van der Waals surface area contributed by atoms with E-state index in [0.29, 0.717) is 35.6 Å². The Kier molecular flexibility index (Phi) is 6.11. The molecule has 0 atom stereocenters. The lowest BCUT2D eigenvalue weighted by Gasteiger charge is -2.08. The standard InChI is InChI=1S/C19H20N4O4/c1-26-12-13-27-15-8-6-14(7-9-15)20-18(24)10-11-23-19(25)16-4-2-3-5-17(16)21-22-23/h2-9H,10-13H2,1H3,(H,20,24). The van der Waals surface area contributed by atoms with Crippen molar-refractivity contribution in [3.63, 3.8) is 0 Å². The quantitative estimate of drug-likeness (QED) is 0.610. The number of ether oxygens (including phenoxy) is 2. The molecule has 8 nitrogen and oxygen atoms in total. The Morgan fingerprint density at radius 2 is 1.89 bits per heavy atom. The maximum Gasteiger partial charge on any atom is 0.277 e. The van der Waals surface area contributed by atoms with Gasteiger partial charge in [0.1, 0.15) is 17.9 Å². The molecule has 1 aromatic heterocycles. The van der Waals surface area contributed by atoms with E-state index in [9.17, 15) is 9.59 Å². The van der Waals surface area contributed by atoms with Gasteiger partial charge in [-0.25, -0.2) is 4.68 Å². The maximum absolute atomic E-state index is 12.4. The van der Waals surface area contributed by atoms with E-state index in [1.807, 2.05) is 0 Å². The number of rotatable bonds is 8. The van der Waals surface area contributed by atoms with Gasteiger partial charge in [-0.2, -0.15) is 0 Å². The zero-order valence-corrected chi connectivity index (χ0v) is 14.9. The summed E-state index contributed by atoms with van der Waals surface area (Å²) in [4.78, 5) is 24.5. The van der Waals surface area contributed by atoms with Gasteiger partial charge in [0, 0.05) is 19.2 Å². The van der Waals surface area contributed by atoms with Crippen LogP contribution in [0.2, 0.25) is 0 Å². The number of fused-ring (bicyclic) bond motifs is 1. The molecule has 140 valence electrons. The van der Waals surface area contributed by atoms with Crippen molar-refractivity contribution in [1.29, 1.82) is 0 Å². The Balaban J connectivity index is 1.55. The van der Waals surface area contributed by atoms with Crippen LogP contribution < -0.4 is 15.6 Å². The van der Waals surface area contributed by atoms with Crippen molar-refractivity contribution < 1.29 is 14.3 Å². The van der Waals surface area contributed by atoms with Crippen LogP contribution in [0.25, 0.3) is 10.9 Å². The van der Waals surface area contributed by atoms with Crippen molar-refractivity contribution in [2.24, 2.45) is 0 Å². The first kappa shape index (κ1) is 18.5. The van der Waals surface area contributed by atoms with Gasteiger partial charge in [-0.05, 0) is 36.4 Å². The summed E-state index contributed by atoms with van der Waals surface area (Å²) in [6.07, 6.45) is 0.110. The molecule has 3 aromatic rings. The van der Waals surface area contributed by atoms with Gasteiger partial charge < -0.3 is 14.8 Å². The number of methoxy groups -OCH3 is 1. The summed E-state index contributed by atoms with van der Waals surface area (Å²) in [5.41, 5.74) is 0.929. The minimum absolute atomic E-state index is 0.110. The Morgan fingerprint density at radius 1 is 1.11 bits per heavy atom. The molecule has 0 aliphatic rings. The number of amides is 1. The zero-order valence-electron chi connectivity index (χ0n) is 14.9. The lowest BCUT2D eigenvalue weighted by atomic mass is 10.2. The number of carbonyl (C=O) groups excluding carboxylic acids is 1. The van der Waals surface area contributed by atoms with Crippen molar-refractivity contribution >= 4 is 22.5 Å². The average molecular weight is 368 g/mol. The maximum atomic E-state index is 12.4. The lowest BCUT2D eigenvalue weighted by molar-refractivity contribution is -0.116. The van der Waals surface area contributed by atoms with Crippen molar-refractivity contribution in [2.45, 2.75) is 13.0 Å². The summed E-state index contributed by atoms with van der Waals surface area (Å²) >= 11 is 0. The Hall–Kier alpha value is -3.26. The molecule has 0 spiro atoms. The number of nitrogens with zero attached hydrogens (tertiary/aromatic N) is 3. The fraction of sp³-hybridized carbons (Fsp3) is 0.263. The highest BCUT2D eigenvalue weighted by molar-refractivity contribution is 5.90. The third-order valence-electron chi connectivity index (χ3n) is 3.87. The minimum atomic E-state index is -0.258. The number of hydrogen-bond donors (Lipinski definition) is 1. The molecule has 0 bridgehead atoms. The molecule has 1 amide bonds.